The first-order chi connectivity index (χ1) is 9.83. The van der Waals surface area contributed by atoms with Crippen molar-refractivity contribution in [3.05, 3.63) is 29.8 Å². The molecule has 3 nitrogen and oxygen atoms in total. The number of hydrogen-bond donors (Lipinski definition) is 1. The monoisotopic (exact) mass is 322 g/mol. The van der Waals surface area contributed by atoms with Crippen molar-refractivity contribution in [3.63, 3.8) is 0 Å². The number of halogens is 3. The van der Waals surface area contributed by atoms with E-state index in [0.29, 0.717) is 13.1 Å². The van der Waals surface area contributed by atoms with Crippen LogP contribution in [0.4, 0.5) is 13.2 Å². The number of ether oxygens (including phenoxy) is 1. The molecule has 0 bridgehead atoms. The van der Waals surface area contributed by atoms with E-state index < -0.39 is 5.51 Å². The van der Waals surface area contributed by atoms with Crippen molar-refractivity contribution in [2.45, 2.75) is 11.6 Å². The van der Waals surface area contributed by atoms with Crippen molar-refractivity contribution in [1.29, 1.82) is 0 Å². The minimum absolute atomic E-state index is 0.000590. The Morgan fingerprint density at radius 2 is 2.05 bits per heavy atom. The van der Waals surface area contributed by atoms with E-state index in [2.05, 4.69) is 5.32 Å². The van der Waals surface area contributed by atoms with Gasteiger partial charge in [0.05, 0.1) is 7.11 Å². The number of likely N-dealkylation sites (N-methyl/N-ethyl adjacent to an activating group) is 1. The molecule has 0 amide bonds. The maximum Gasteiger partial charge on any atom is 0.441 e. The Balaban J connectivity index is 2.50. The van der Waals surface area contributed by atoms with Crippen molar-refractivity contribution in [1.82, 2.24) is 10.2 Å². The molecule has 0 aromatic heterocycles. The highest BCUT2D eigenvalue weighted by molar-refractivity contribution is 8.00. The minimum atomic E-state index is -4.16. The van der Waals surface area contributed by atoms with Crippen LogP contribution in [0, 0.1) is 0 Å². The van der Waals surface area contributed by atoms with Crippen molar-refractivity contribution >= 4 is 11.8 Å². The molecule has 1 rings (SSSR count). The molecule has 0 radical (unpaired) electrons. The van der Waals surface area contributed by atoms with Crippen LogP contribution in [-0.4, -0.2) is 50.5 Å². The lowest BCUT2D eigenvalue weighted by molar-refractivity contribution is -0.0327. The summed E-state index contributed by atoms with van der Waals surface area (Å²) in [4.78, 5) is 2.03. The lowest BCUT2D eigenvalue weighted by Crippen LogP contribution is -2.32. The Kier molecular flexibility index (Phi) is 7.34. The first kappa shape index (κ1) is 18.1. The van der Waals surface area contributed by atoms with Crippen molar-refractivity contribution < 1.29 is 17.9 Å². The van der Waals surface area contributed by atoms with Crippen molar-refractivity contribution in [2.75, 3.05) is 40.0 Å². The molecule has 0 saturated carbocycles. The summed E-state index contributed by atoms with van der Waals surface area (Å²) in [5.74, 6) is 0.786. The van der Waals surface area contributed by atoms with Gasteiger partial charge in [0.15, 0.2) is 0 Å². The fourth-order valence-corrected chi connectivity index (χ4v) is 2.40. The first-order valence-corrected chi connectivity index (χ1v) is 7.54. The van der Waals surface area contributed by atoms with Crippen LogP contribution in [0.3, 0.4) is 0 Å². The number of hydrogen-bond acceptors (Lipinski definition) is 4. The molecule has 0 aliphatic rings. The summed E-state index contributed by atoms with van der Waals surface area (Å²) in [5.41, 5.74) is -3.09. The molecule has 0 aliphatic carbocycles. The van der Waals surface area contributed by atoms with Crippen molar-refractivity contribution in [2.24, 2.45) is 0 Å². The van der Waals surface area contributed by atoms with Gasteiger partial charge in [-0.15, -0.1) is 0 Å². The van der Waals surface area contributed by atoms with E-state index in [0.717, 1.165) is 11.3 Å². The maximum atomic E-state index is 12.0. The van der Waals surface area contributed by atoms with Gasteiger partial charge in [-0.2, -0.15) is 13.2 Å². The molecule has 1 N–H and O–H groups in total. The van der Waals surface area contributed by atoms with E-state index in [1.54, 1.807) is 7.11 Å². The molecular weight excluding hydrogens is 301 g/mol. The molecule has 0 saturated heterocycles. The molecule has 1 unspecified atom stereocenters. The predicted molar refractivity (Wildman–Crippen MR) is 80.8 cm³/mol. The summed E-state index contributed by atoms with van der Waals surface area (Å²) >= 11 is -0.000590. The van der Waals surface area contributed by atoms with Crippen LogP contribution in [0.15, 0.2) is 24.3 Å². The molecular formula is C14H21F3N2OS. The third kappa shape index (κ3) is 7.06. The van der Waals surface area contributed by atoms with Gasteiger partial charge in [0.2, 0.25) is 0 Å². The zero-order valence-corrected chi connectivity index (χ0v) is 13.2. The fraction of sp³-hybridized carbons (Fsp3) is 0.571. The second-order valence-corrected chi connectivity index (χ2v) is 5.91. The van der Waals surface area contributed by atoms with Gasteiger partial charge < -0.3 is 15.0 Å². The summed E-state index contributed by atoms with van der Waals surface area (Å²) in [6, 6.07) is 7.78. The summed E-state index contributed by atoms with van der Waals surface area (Å²) < 4.78 is 41.3. The number of benzene rings is 1. The third-order valence-electron chi connectivity index (χ3n) is 2.98. The molecule has 0 heterocycles. The molecule has 1 atom stereocenters. The topological polar surface area (TPSA) is 24.5 Å². The number of thioether (sulfide) groups is 1. The van der Waals surface area contributed by atoms with Crippen molar-refractivity contribution in [3.8, 4) is 5.75 Å². The van der Waals surface area contributed by atoms with E-state index in [4.69, 9.17) is 4.74 Å². The number of alkyl halides is 3. The van der Waals surface area contributed by atoms with Gasteiger partial charge in [0.1, 0.15) is 5.75 Å². The zero-order chi connectivity index (χ0) is 15.9. The third-order valence-corrected chi connectivity index (χ3v) is 3.72. The second kappa shape index (κ2) is 8.51. The highest BCUT2D eigenvalue weighted by atomic mass is 32.2. The Bertz CT molecular complexity index is 427. The van der Waals surface area contributed by atoms with Gasteiger partial charge in [-0.05, 0) is 43.6 Å². The standard InChI is InChI=1S/C14H21F3N2OS/c1-19(2)13(10-18-7-8-21-14(15,16)17)11-5-4-6-12(9-11)20-3/h4-6,9,13,18H,7-8,10H2,1-3H3. The highest BCUT2D eigenvalue weighted by Crippen LogP contribution is 2.29. The lowest BCUT2D eigenvalue weighted by atomic mass is 10.1. The van der Waals surface area contributed by atoms with Gasteiger partial charge in [0.25, 0.3) is 0 Å². The Labute approximate surface area is 127 Å². The van der Waals surface area contributed by atoms with Gasteiger partial charge in [-0.25, -0.2) is 0 Å². The lowest BCUT2D eigenvalue weighted by Gasteiger charge is -2.25. The summed E-state index contributed by atoms with van der Waals surface area (Å²) in [7, 11) is 5.49. The largest absolute Gasteiger partial charge is 0.497 e. The molecule has 0 fully saturated rings. The minimum Gasteiger partial charge on any atom is -0.497 e. The van der Waals surface area contributed by atoms with E-state index in [-0.39, 0.29) is 23.6 Å². The van der Waals surface area contributed by atoms with Crippen LogP contribution in [0.25, 0.3) is 0 Å². The molecule has 0 spiro atoms. The second-order valence-electron chi connectivity index (χ2n) is 4.75. The highest BCUT2D eigenvalue weighted by Gasteiger charge is 2.27. The Morgan fingerprint density at radius 1 is 1.33 bits per heavy atom. The maximum absolute atomic E-state index is 12.0. The smallest absolute Gasteiger partial charge is 0.441 e. The van der Waals surface area contributed by atoms with E-state index in [9.17, 15) is 13.2 Å². The van der Waals surface area contributed by atoms with E-state index in [1.807, 2.05) is 43.3 Å². The number of nitrogens with one attached hydrogen (secondary N) is 1. The average molecular weight is 322 g/mol. The van der Waals surface area contributed by atoms with Gasteiger partial charge in [-0.3, -0.25) is 0 Å². The van der Waals surface area contributed by atoms with Gasteiger partial charge in [0, 0.05) is 24.9 Å². The molecule has 1 aromatic carbocycles. The number of methoxy groups -OCH3 is 1. The Morgan fingerprint density at radius 3 is 2.62 bits per heavy atom. The summed E-state index contributed by atoms with van der Waals surface area (Å²) in [5, 5.41) is 3.07. The number of rotatable bonds is 8. The van der Waals surface area contributed by atoms with Crippen LogP contribution >= 0.6 is 11.8 Å². The van der Waals surface area contributed by atoms with Gasteiger partial charge >= 0.3 is 5.51 Å². The van der Waals surface area contributed by atoms with Crippen LogP contribution in [-0.2, 0) is 0 Å². The van der Waals surface area contributed by atoms with Crippen LogP contribution < -0.4 is 10.1 Å². The van der Waals surface area contributed by atoms with E-state index >= 15 is 0 Å². The molecule has 0 aliphatic heterocycles. The molecule has 120 valence electrons. The van der Waals surface area contributed by atoms with Gasteiger partial charge in [-0.1, -0.05) is 12.1 Å². The van der Waals surface area contributed by atoms with Crippen LogP contribution in [0.2, 0.25) is 0 Å². The molecule has 7 heteroatoms. The molecule has 1 aromatic rings. The number of nitrogens with zero attached hydrogens (tertiary/aromatic N) is 1. The Hall–Kier alpha value is -0.920. The molecule has 21 heavy (non-hydrogen) atoms. The van der Waals surface area contributed by atoms with E-state index in [1.165, 1.54) is 0 Å². The average Bonchev–Trinajstić information content (AvgIpc) is 2.41. The summed E-state index contributed by atoms with van der Waals surface area (Å²) in [6.45, 7) is 0.900. The normalized spacial score (nSPS) is 13.5. The fourth-order valence-electron chi connectivity index (χ4n) is 1.93. The quantitative estimate of drug-likeness (QED) is 0.743. The SMILES string of the molecule is COc1cccc(C(CNCCSC(F)(F)F)N(C)C)c1. The predicted octanol–water partition coefficient (Wildman–Crippen LogP) is 3.14. The zero-order valence-electron chi connectivity index (χ0n) is 12.4. The van der Waals surface area contributed by atoms with Crippen LogP contribution in [0.5, 0.6) is 5.75 Å². The first-order valence-electron chi connectivity index (χ1n) is 6.55. The summed E-state index contributed by atoms with van der Waals surface area (Å²) in [6.07, 6.45) is 0. The van der Waals surface area contributed by atoms with Crippen LogP contribution in [0.1, 0.15) is 11.6 Å².